The summed E-state index contributed by atoms with van der Waals surface area (Å²) in [4.78, 5) is 17.6. The molecule has 0 bridgehead atoms. The van der Waals surface area contributed by atoms with Crippen molar-refractivity contribution < 1.29 is 4.79 Å². The molecule has 1 fully saturated rings. The summed E-state index contributed by atoms with van der Waals surface area (Å²) in [6, 6.07) is 3.61. The Morgan fingerprint density at radius 2 is 2.20 bits per heavy atom. The third-order valence-electron chi connectivity index (χ3n) is 2.38. The van der Waals surface area contributed by atoms with E-state index in [-0.39, 0.29) is 6.03 Å². The molecule has 1 aromatic heterocycles. The van der Waals surface area contributed by atoms with E-state index in [4.69, 9.17) is 0 Å². The Kier molecular flexibility index (Phi) is 3.20. The lowest BCUT2D eigenvalue weighted by atomic mass is 10.4. The van der Waals surface area contributed by atoms with Crippen molar-refractivity contribution in [3.63, 3.8) is 0 Å². The fourth-order valence-electron chi connectivity index (χ4n) is 1.58. The van der Waals surface area contributed by atoms with E-state index in [1.807, 2.05) is 12.1 Å². The minimum absolute atomic E-state index is 0.0631. The summed E-state index contributed by atoms with van der Waals surface area (Å²) < 4.78 is 0.803. The van der Waals surface area contributed by atoms with Gasteiger partial charge in [-0.3, -0.25) is 5.32 Å². The van der Waals surface area contributed by atoms with Crippen LogP contribution in [0.25, 0.3) is 0 Å². The molecule has 1 aliphatic rings. The summed E-state index contributed by atoms with van der Waals surface area (Å²) in [6.07, 6.45) is 3.85. The molecule has 2 rings (SSSR count). The number of amides is 2. The summed E-state index contributed by atoms with van der Waals surface area (Å²) in [7, 11) is 0. The van der Waals surface area contributed by atoms with Gasteiger partial charge in [-0.05, 0) is 40.9 Å². The molecule has 80 valence electrons. The molecule has 0 aliphatic carbocycles. The molecule has 5 heteroatoms. The van der Waals surface area contributed by atoms with E-state index in [9.17, 15) is 4.79 Å². The van der Waals surface area contributed by atoms with Gasteiger partial charge < -0.3 is 4.90 Å². The first kappa shape index (κ1) is 10.4. The van der Waals surface area contributed by atoms with E-state index in [0.29, 0.717) is 5.82 Å². The highest BCUT2D eigenvalue weighted by molar-refractivity contribution is 9.10. The van der Waals surface area contributed by atoms with Gasteiger partial charge in [0, 0.05) is 19.3 Å². The van der Waals surface area contributed by atoms with E-state index in [0.717, 1.165) is 30.4 Å². The van der Waals surface area contributed by atoms with Crippen molar-refractivity contribution in [2.75, 3.05) is 18.4 Å². The minimum atomic E-state index is -0.0631. The lowest BCUT2D eigenvalue weighted by molar-refractivity contribution is 0.222. The maximum atomic E-state index is 11.7. The number of halogens is 1. The quantitative estimate of drug-likeness (QED) is 0.852. The Labute approximate surface area is 96.8 Å². The zero-order chi connectivity index (χ0) is 10.7. The van der Waals surface area contributed by atoms with Crippen molar-refractivity contribution in [1.29, 1.82) is 0 Å². The predicted molar refractivity (Wildman–Crippen MR) is 61.8 cm³/mol. The minimum Gasteiger partial charge on any atom is -0.324 e. The van der Waals surface area contributed by atoms with Gasteiger partial charge in [0.05, 0.1) is 4.47 Å². The van der Waals surface area contributed by atoms with Gasteiger partial charge in [0.25, 0.3) is 0 Å². The Hall–Kier alpha value is -1.10. The molecule has 15 heavy (non-hydrogen) atoms. The number of aromatic nitrogens is 1. The van der Waals surface area contributed by atoms with Crippen LogP contribution in [0.3, 0.4) is 0 Å². The number of carbonyl (C=O) groups excluding carboxylic acids is 1. The van der Waals surface area contributed by atoms with Crippen molar-refractivity contribution in [2.45, 2.75) is 12.8 Å². The monoisotopic (exact) mass is 269 g/mol. The number of pyridine rings is 1. The van der Waals surface area contributed by atoms with Gasteiger partial charge in [0.2, 0.25) is 0 Å². The molecule has 0 aromatic carbocycles. The van der Waals surface area contributed by atoms with Crippen molar-refractivity contribution in [3.05, 3.63) is 22.8 Å². The van der Waals surface area contributed by atoms with Gasteiger partial charge in [-0.2, -0.15) is 0 Å². The van der Waals surface area contributed by atoms with Crippen LogP contribution in [0.4, 0.5) is 10.6 Å². The summed E-state index contributed by atoms with van der Waals surface area (Å²) in [5.41, 5.74) is 0. The molecule has 4 nitrogen and oxygen atoms in total. The highest BCUT2D eigenvalue weighted by atomic mass is 79.9. The van der Waals surface area contributed by atoms with Crippen molar-refractivity contribution in [1.82, 2.24) is 9.88 Å². The van der Waals surface area contributed by atoms with E-state index in [1.54, 1.807) is 11.1 Å². The first-order valence-electron chi connectivity index (χ1n) is 4.94. The number of urea groups is 1. The molecule has 1 aromatic rings. The number of rotatable bonds is 1. The zero-order valence-corrected chi connectivity index (χ0v) is 9.83. The zero-order valence-electron chi connectivity index (χ0n) is 8.24. The molecular formula is C10H12BrN3O. The van der Waals surface area contributed by atoms with Gasteiger partial charge >= 0.3 is 6.03 Å². The highest BCUT2D eigenvalue weighted by Crippen LogP contribution is 2.19. The van der Waals surface area contributed by atoms with Crippen LogP contribution in [0.5, 0.6) is 0 Å². The van der Waals surface area contributed by atoms with Gasteiger partial charge in [-0.1, -0.05) is 0 Å². The van der Waals surface area contributed by atoms with Crippen molar-refractivity contribution in [2.24, 2.45) is 0 Å². The largest absolute Gasteiger partial charge is 0.324 e. The second-order valence-electron chi connectivity index (χ2n) is 3.46. The smallest absolute Gasteiger partial charge is 0.323 e. The number of nitrogens with one attached hydrogen (secondary N) is 1. The maximum absolute atomic E-state index is 11.7. The molecule has 2 amide bonds. The molecule has 0 saturated carbocycles. The summed E-state index contributed by atoms with van der Waals surface area (Å²) in [6.45, 7) is 1.69. The summed E-state index contributed by atoms with van der Waals surface area (Å²) in [5, 5.41) is 2.78. The number of anilines is 1. The third-order valence-corrected chi connectivity index (χ3v) is 3.02. The normalized spacial score (nSPS) is 15.4. The van der Waals surface area contributed by atoms with E-state index >= 15 is 0 Å². The summed E-state index contributed by atoms with van der Waals surface area (Å²) in [5.74, 6) is 0.578. The lowest BCUT2D eigenvalue weighted by Crippen LogP contribution is -2.32. The predicted octanol–water partition coefficient (Wildman–Crippen LogP) is 2.47. The molecule has 0 unspecified atom stereocenters. The number of nitrogens with zero attached hydrogens (tertiary/aromatic N) is 2. The van der Waals surface area contributed by atoms with E-state index < -0.39 is 0 Å². The maximum Gasteiger partial charge on any atom is 0.323 e. The van der Waals surface area contributed by atoms with Gasteiger partial charge in [-0.25, -0.2) is 9.78 Å². The number of hydrogen-bond donors (Lipinski definition) is 1. The highest BCUT2D eigenvalue weighted by Gasteiger charge is 2.18. The molecule has 2 heterocycles. The van der Waals surface area contributed by atoms with Gasteiger partial charge in [-0.15, -0.1) is 0 Å². The first-order chi connectivity index (χ1) is 7.27. The SMILES string of the molecule is O=C(Nc1ncccc1Br)N1CCCC1. The summed E-state index contributed by atoms with van der Waals surface area (Å²) >= 11 is 3.34. The van der Waals surface area contributed by atoms with Gasteiger partial charge in [0.15, 0.2) is 0 Å². The molecule has 0 radical (unpaired) electrons. The average Bonchev–Trinajstić information content (AvgIpc) is 2.74. The molecule has 1 saturated heterocycles. The van der Waals surface area contributed by atoms with Crippen LogP contribution in [0.1, 0.15) is 12.8 Å². The Morgan fingerprint density at radius 3 is 2.87 bits per heavy atom. The van der Waals surface area contributed by atoms with Gasteiger partial charge in [0.1, 0.15) is 5.82 Å². The van der Waals surface area contributed by atoms with Crippen LogP contribution in [0.2, 0.25) is 0 Å². The Morgan fingerprint density at radius 1 is 1.47 bits per heavy atom. The second-order valence-corrected chi connectivity index (χ2v) is 4.31. The molecule has 0 spiro atoms. The van der Waals surface area contributed by atoms with Crippen LogP contribution in [-0.4, -0.2) is 29.0 Å². The molecule has 1 N–H and O–H groups in total. The number of hydrogen-bond acceptors (Lipinski definition) is 2. The van der Waals surface area contributed by atoms with Crippen LogP contribution >= 0.6 is 15.9 Å². The molecule has 0 atom stereocenters. The van der Waals surface area contributed by atoms with Crippen LogP contribution in [0.15, 0.2) is 22.8 Å². The van der Waals surface area contributed by atoms with E-state index in [1.165, 1.54) is 0 Å². The lowest BCUT2D eigenvalue weighted by Gasteiger charge is -2.16. The van der Waals surface area contributed by atoms with Crippen LogP contribution < -0.4 is 5.32 Å². The average molecular weight is 270 g/mol. The van der Waals surface area contributed by atoms with Crippen LogP contribution in [-0.2, 0) is 0 Å². The Balaban J connectivity index is 2.02. The first-order valence-corrected chi connectivity index (χ1v) is 5.73. The fourth-order valence-corrected chi connectivity index (χ4v) is 1.93. The fraction of sp³-hybridized carbons (Fsp3) is 0.400. The second kappa shape index (κ2) is 4.61. The Bertz CT molecular complexity index is 363. The van der Waals surface area contributed by atoms with Crippen LogP contribution in [0, 0.1) is 0 Å². The van der Waals surface area contributed by atoms with E-state index in [2.05, 4.69) is 26.2 Å². The topological polar surface area (TPSA) is 45.2 Å². The van der Waals surface area contributed by atoms with Crippen molar-refractivity contribution in [3.8, 4) is 0 Å². The third kappa shape index (κ3) is 2.47. The number of carbonyl (C=O) groups is 1. The molecule has 1 aliphatic heterocycles. The number of likely N-dealkylation sites (tertiary alicyclic amines) is 1. The molecular weight excluding hydrogens is 258 g/mol. The standard InChI is InChI=1S/C10H12BrN3O/c11-8-4-3-5-12-9(8)13-10(15)14-6-1-2-7-14/h3-5H,1-2,6-7H2,(H,12,13,15). The van der Waals surface area contributed by atoms with Crippen molar-refractivity contribution >= 4 is 27.8 Å².